The largest absolute Gasteiger partial charge is 0.465 e. The Kier molecular flexibility index (Phi) is 15.0. The number of nitrogens with one attached hydrogen (secondary N) is 4. The summed E-state index contributed by atoms with van der Waals surface area (Å²) in [6, 6.07) is 2.73. The number of aliphatic imine (C=N–C) groups is 1. The van der Waals surface area contributed by atoms with E-state index in [1.54, 1.807) is 20.9 Å². The maximum absolute atomic E-state index is 13.6. The number of hydrogen-bond donors (Lipinski definition) is 5. The minimum atomic E-state index is -1.95. The van der Waals surface area contributed by atoms with Gasteiger partial charge in [-0.05, 0) is 37.7 Å². The van der Waals surface area contributed by atoms with Gasteiger partial charge in [-0.25, -0.2) is 14.4 Å². The number of carboxylic acid groups (broad SMARTS) is 1. The summed E-state index contributed by atoms with van der Waals surface area (Å²) in [5, 5.41) is 13.9. The van der Waals surface area contributed by atoms with E-state index in [-0.39, 0.29) is 66.0 Å². The van der Waals surface area contributed by atoms with E-state index in [0.29, 0.717) is 13.1 Å². The Hall–Kier alpha value is -2.06. The van der Waals surface area contributed by atoms with Gasteiger partial charge in [0.2, 0.25) is 11.9 Å². The second kappa shape index (κ2) is 17.4. The van der Waals surface area contributed by atoms with Gasteiger partial charge in [-0.15, -0.1) is 4.99 Å². The average molecular weight is 659 g/mol. The zero-order valence-corrected chi connectivity index (χ0v) is 29.2. The van der Waals surface area contributed by atoms with Gasteiger partial charge in [0.05, 0.1) is 18.1 Å². The minimum absolute atomic E-state index is 0.112. The quantitative estimate of drug-likeness (QED) is 0.0502. The van der Waals surface area contributed by atoms with Crippen LogP contribution in [0.1, 0.15) is 34.6 Å². The summed E-state index contributed by atoms with van der Waals surface area (Å²) in [4.78, 5) is 62.3. The van der Waals surface area contributed by atoms with Crippen LogP contribution in [0.3, 0.4) is 0 Å². The molecule has 0 radical (unpaired) electrons. The van der Waals surface area contributed by atoms with Crippen LogP contribution < -0.4 is 20.6 Å². The van der Waals surface area contributed by atoms with Crippen molar-refractivity contribution in [2.75, 3.05) is 26.7 Å². The molecule has 5 N–H and O–H groups in total. The van der Waals surface area contributed by atoms with Crippen molar-refractivity contribution >= 4 is 72.2 Å². The van der Waals surface area contributed by atoms with E-state index in [0.717, 1.165) is 23.7 Å². The van der Waals surface area contributed by atoms with Crippen molar-refractivity contribution in [2.45, 2.75) is 64.9 Å². The number of nitrogens with zero attached hydrogens (tertiary/aromatic N) is 3. The molecule has 0 aromatic rings. The Bertz CT molecular complexity index is 1080. The van der Waals surface area contributed by atoms with Crippen molar-refractivity contribution in [3.8, 4) is 0 Å². The highest BCUT2D eigenvalue weighted by atomic mass is 31.1. The Balaban J connectivity index is 2.19. The van der Waals surface area contributed by atoms with Crippen LogP contribution in [0.4, 0.5) is 9.59 Å². The van der Waals surface area contributed by atoms with Crippen molar-refractivity contribution in [1.82, 2.24) is 30.4 Å². The van der Waals surface area contributed by atoms with Crippen molar-refractivity contribution in [2.24, 2.45) is 16.8 Å². The van der Waals surface area contributed by atoms with E-state index < -0.39 is 26.5 Å². The molecule has 0 saturated carbocycles. The maximum atomic E-state index is 13.6. The number of β-lactam (4-membered cyclic amide) rings is 1. The highest BCUT2D eigenvalue weighted by molar-refractivity contribution is 7.32. The smallest absolute Gasteiger partial charge is 0.440 e. The fraction of sp³-hybridized carbons (Fsp3) is 0.696. The van der Waals surface area contributed by atoms with Crippen LogP contribution in [0.5, 0.6) is 0 Å². The molecule has 43 heavy (non-hydrogen) atoms. The van der Waals surface area contributed by atoms with E-state index in [9.17, 15) is 19.2 Å². The van der Waals surface area contributed by atoms with Crippen LogP contribution in [0.15, 0.2) is 16.3 Å². The van der Waals surface area contributed by atoms with Crippen LogP contribution in [0.25, 0.3) is 0 Å². The zero-order chi connectivity index (χ0) is 32.3. The van der Waals surface area contributed by atoms with E-state index in [1.165, 1.54) is 0 Å². The molecular weight excluding hydrogens is 614 g/mol. The third-order valence-corrected chi connectivity index (χ3v) is 13.7. The maximum Gasteiger partial charge on any atom is 0.440 e. The van der Waals surface area contributed by atoms with E-state index in [1.807, 2.05) is 31.1 Å². The van der Waals surface area contributed by atoms with Gasteiger partial charge in [-0.1, -0.05) is 27.7 Å². The summed E-state index contributed by atoms with van der Waals surface area (Å²) >= 11 is 0. The first kappa shape index (κ1) is 37.1. The first-order valence-electron chi connectivity index (χ1n) is 14.4. The second-order valence-corrected chi connectivity index (χ2v) is 17.0. The third-order valence-electron chi connectivity index (χ3n) is 8.00. The zero-order valence-electron chi connectivity index (χ0n) is 26.2. The monoisotopic (exact) mass is 659 g/mol. The minimum Gasteiger partial charge on any atom is -0.465 e. The molecule has 2 unspecified atom stereocenters. The molecule has 1 fully saturated rings. The number of amides is 3. The summed E-state index contributed by atoms with van der Waals surface area (Å²) in [6.45, 7) is 11.4. The first-order valence-corrected chi connectivity index (χ1v) is 18.7. The van der Waals surface area contributed by atoms with Gasteiger partial charge in [0.15, 0.2) is 24.3 Å². The number of carbonyl (C=O) groups excluding carboxylic acids is 3. The summed E-state index contributed by atoms with van der Waals surface area (Å²) in [6.07, 6.45) is -2.61. The molecule has 2 aliphatic rings. The molecule has 0 spiro atoms. The van der Waals surface area contributed by atoms with Crippen molar-refractivity contribution in [3.05, 3.63) is 11.3 Å². The van der Waals surface area contributed by atoms with Gasteiger partial charge in [0, 0.05) is 25.6 Å². The standard InChI is InChI=1S/C23H45B2N7O8P2Si/c1-7-43(8-2,9-3)40-14(5)16-17-13(4)15(18(32(17)19(16)33)20(34)38-41-29-24)12-31(6)11-10-26-21(27-22(35)36)28-23(37)39-42-30-25/h13-14,16-17,29-30,41-42H,7-12,24-25H2,1-6H3,(H,35,36)(H2,26,27,28,37)/t13-,14+,16+,17+/m0/s1. The molecule has 0 bridgehead atoms. The molecular formula is C23H45B2N7O8P2Si. The molecule has 1 saturated heterocycles. The molecule has 2 heterocycles. The predicted molar refractivity (Wildman–Crippen MR) is 175 cm³/mol. The van der Waals surface area contributed by atoms with Gasteiger partial charge in [-0.3, -0.25) is 10.1 Å². The van der Waals surface area contributed by atoms with Gasteiger partial charge in [-0.2, -0.15) is 0 Å². The van der Waals surface area contributed by atoms with Gasteiger partial charge >= 0.3 is 18.2 Å². The SMILES string of the molecule is BNPOC(=O)/N=C(/NCCN(C)CC1=C(C(=O)OPNB)N2C(=O)[C@H]([C@@H](C)O[Si](CC)(CC)CC)[C@H]2[C@H]1C)NC(=O)O. The Labute approximate surface area is 259 Å². The molecule has 0 aromatic heterocycles. The molecule has 0 aromatic carbocycles. The summed E-state index contributed by atoms with van der Waals surface area (Å²) in [5.41, 5.74) is 1.07. The van der Waals surface area contributed by atoms with Gasteiger partial charge in [0.25, 0.3) is 0 Å². The number of rotatable bonds is 16. The second-order valence-electron chi connectivity index (χ2n) is 10.5. The molecule has 2 rings (SSSR count). The van der Waals surface area contributed by atoms with Crippen LogP contribution >= 0.6 is 17.9 Å². The molecule has 6 atom stereocenters. The average Bonchev–Trinajstić information content (AvgIpc) is 3.20. The lowest BCUT2D eigenvalue weighted by Crippen LogP contribution is -2.65. The van der Waals surface area contributed by atoms with Crippen molar-refractivity contribution in [3.63, 3.8) is 0 Å². The number of fused-ring (bicyclic) bond motifs is 1. The number of likely N-dealkylation sites (N-methyl/N-ethyl adjacent to an activating group) is 1. The fourth-order valence-corrected chi connectivity index (χ4v) is 9.06. The van der Waals surface area contributed by atoms with Crippen LogP contribution in [-0.2, 0) is 23.1 Å². The molecule has 240 valence electrons. The van der Waals surface area contributed by atoms with E-state index >= 15 is 0 Å². The van der Waals surface area contributed by atoms with Crippen LogP contribution in [0, 0.1) is 11.8 Å². The Morgan fingerprint density at radius 3 is 2.30 bits per heavy atom. The van der Waals surface area contributed by atoms with Crippen molar-refractivity contribution < 1.29 is 37.8 Å². The molecule has 0 aliphatic carbocycles. The lowest BCUT2D eigenvalue weighted by atomic mass is 9.77. The first-order chi connectivity index (χ1) is 20.4. The van der Waals surface area contributed by atoms with Crippen LogP contribution in [0.2, 0.25) is 18.1 Å². The summed E-state index contributed by atoms with van der Waals surface area (Å²) < 4.78 is 16.9. The number of carbonyl (C=O) groups is 4. The Morgan fingerprint density at radius 2 is 1.74 bits per heavy atom. The highest BCUT2D eigenvalue weighted by Crippen LogP contribution is 2.49. The lowest BCUT2D eigenvalue weighted by molar-refractivity contribution is -0.161. The van der Waals surface area contributed by atoms with Crippen LogP contribution in [-0.4, -0.2) is 108 Å². The Morgan fingerprint density at radius 1 is 1.14 bits per heavy atom. The molecule has 20 heteroatoms. The third kappa shape index (κ3) is 9.46. The van der Waals surface area contributed by atoms with E-state index in [2.05, 4.69) is 41.1 Å². The van der Waals surface area contributed by atoms with Crippen molar-refractivity contribution in [1.29, 1.82) is 0 Å². The number of hydrogen-bond acceptors (Lipinski definition) is 10. The van der Waals surface area contributed by atoms with Gasteiger partial charge in [0.1, 0.15) is 23.6 Å². The fourth-order valence-electron chi connectivity index (χ4n) is 5.60. The highest BCUT2D eigenvalue weighted by Gasteiger charge is 2.60. The predicted octanol–water partition coefficient (Wildman–Crippen LogP) is 0.245. The molecule has 15 nitrogen and oxygen atoms in total. The number of guanidine groups is 1. The summed E-state index contributed by atoms with van der Waals surface area (Å²) in [7, 11) is 2.58. The summed E-state index contributed by atoms with van der Waals surface area (Å²) in [5.74, 6) is -1.41. The van der Waals surface area contributed by atoms with E-state index in [4.69, 9.17) is 18.6 Å². The topological polar surface area (TPSA) is 183 Å². The lowest BCUT2D eigenvalue weighted by Gasteiger charge is -2.49. The van der Waals surface area contributed by atoms with Gasteiger partial charge < -0.3 is 43.7 Å². The molecule has 2 aliphatic heterocycles. The normalized spacial score (nSPS) is 21.5. The molecule has 3 amide bonds.